The molecule has 112 valence electrons. The second kappa shape index (κ2) is 6.01. The largest absolute Gasteiger partial charge is 0.591 e. The molecule has 20 heavy (non-hydrogen) atoms. The molecule has 1 atom stereocenters. The molecule has 0 heterocycles. The molecule has 0 aliphatic carbocycles. The minimum absolute atomic E-state index is 0.156. The van der Waals surface area contributed by atoms with E-state index in [4.69, 9.17) is 0 Å². The van der Waals surface area contributed by atoms with Crippen LogP contribution in [0.15, 0.2) is 22.6 Å². The van der Waals surface area contributed by atoms with Crippen molar-refractivity contribution in [1.82, 2.24) is 0 Å². The van der Waals surface area contributed by atoms with Crippen molar-refractivity contribution in [3.8, 4) is 5.75 Å². The molecule has 0 bridgehead atoms. The molecule has 0 fully saturated rings. The van der Waals surface area contributed by atoms with Crippen molar-refractivity contribution < 1.29 is 26.9 Å². The number of nitrogens with zero attached hydrogens (tertiary/aromatic N) is 1. The fourth-order valence-corrected chi connectivity index (χ4v) is 1.60. The van der Waals surface area contributed by atoms with E-state index in [-0.39, 0.29) is 5.56 Å². The summed E-state index contributed by atoms with van der Waals surface area (Å²) in [5.74, 6) is -2.10. The SMILES string of the molecule is CC(C)(C)[S@@+]([O-])/N=C/c1ccc(F)c(OC(F)(F)F)c1. The average Bonchev–Trinajstić information content (AvgIpc) is 2.26. The van der Waals surface area contributed by atoms with E-state index in [1.54, 1.807) is 20.8 Å². The molecule has 3 nitrogen and oxygen atoms in total. The maximum absolute atomic E-state index is 13.2. The van der Waals surface area contributed by atoms with Crippen LogP contribution in [0.2, 0.25) is 0 Å². The summed E-state index contributed by atoms with van der Waals surface area (Å²) in [6.45, 7) is 5.09. The van der Waals surface area contributed by atoms with E-state index in [0.717, 1.165) is 18.3 Å². The lowest BCUT2D eigenvalue weighted by atomic mass is 10.2. The third kappa shape index (κ3) is 5.38. The van der Waals surface area contributed by atoms with Gasteiger partial charge in [-0.2, -0.15) is 0 Å². The molecule has 1 rings (SSSR count). The summed E-state index contributed by atoms with van der Waals surface area (Å²) >= 11 is -1.56. The number of benzene rings is 1. The highest BCUT2D eigenvalue weighted by Gasteiger charge is 2.32. The van der Waals surface area contributed by atoms with Crippen molar-refractivity contribution >= 4 is 17.6 Å². The van der Waals surface area contributed by atoms with Crippen molar-refractivity contribution in [3.05, 3.63) is 29.6 Å². The molecule has 0 spiro atoms. The standard InChI is InChI=1S/C12H13F4NO2S/c1-11(2,3)20(18)17-7-8-4-5-9(13)10(6-8)19-12(14,15)16/h4-7H,1-3H3/b17-7+/t20-/m1/s1. The Labute approximate surface area is 117 Å². The smallest absolute Gasteiger partial charge is 0.573 e. The fraction of sp³-hybridized carbons (Fsp3) is 0.417. The number of hydrogen-bond donors (Lipinski definition) is 0. The van der Waals surface area contributed by atoms with Crippen LogP contribution in [0.3, 0.4) is 0 Å². The molecular formula is C12H13F4NO2S. The van der Waals surface area contributed by atoms with E-state index in [2.05, 4.69) is 9.13 Å². The highest BCUT2D eigenvalue weighted by atomic mass is 32.2. The van der Waals surface area contributed by atoms with Gasteiger partial charge >= 0.3 is 6.36 Å². The van der Waals surface area contributed by atoms with Gasteiger partial charge in [0.1, 0.15) is 16.1 Å². The summed E-state index contributed by atoms with van der Waals surface area (Å²) in [6, 6.07) is 2.87. The van der Waals surface area contributed by atoms with E-state index in [1.165, 1.54) is 6.07 Å². The topological polar surface area (TPSA) is 44.7 Å². The van der Waals surface area contributed by atoms with E-state index >= 15 is 0 Å². The fourth-order valence-electron chi connectivity index (χ4n) is 1.07. The lowest BCUT2D eigenvalue weighted by molar-refractivity contribution is -0.275. The zero-order chi connectivity index (χ0) is 15.6. The number of hydrogen-bond acceptors (Lipinski definition) is 3. The van der Waals surface area contributed by atoms with Crippen LogP contribution >= 0.6 is 0 Å². The summed E-state index contributed by atoms with van der Waals surface area (Å²) in [5, 5.41) is 0. The second-order valence-corrected chi connectivity index (χ2v) is 6.77. The van der Waals surface area contributed by atoms with Gasteiger partial charge in [-0.05, 0) is 32.9 Å². The Kier molecular flexibility index (Phi) is 5.04. The Morgan fingerprint density at radius 2 is 1.85 bits per heavy atom. The van der Waals surface area contributed by atoms with E-state index in [9.17, 15) is 22.1 Å². The van der Waals surface area contributed by atoms with Crippen LogP contribution in [0.1, 0.15) is 26.3 Å². The number of alkyl halides is 3. The van der Waals surface area contributed by atoms with Crippen LogP contribution in [0.4, 0.5) is 17.6 Å². The molecule has 0 unspecified atom stereocenters. The first-order chi connectivity index (χ1) is 8.99. The molecule has 0 aliphatic heterocycles. The van der Waals surface area contributed by atoms with Crippen LogP contribution in [-0.2, 0) is 11.4 Å². The lowest BCUT2D eigenvalue weighted by Crippen LogP contribution is -2.25. The first kappa shape index (κ1) is 16.8. The normalized spacial score (nSPS) is 14.6. The van der Waals surface area contributed by atoms with Crippen LogP contribution in [0, 0.1) is 5.82 Å². The number of rotatable bonds is 3. The molecule has 0 aliphatic rings. The minimum Gasteiger partial charge on any atom is -0.591 e. The van der Waals surface area contributed by atoms with Crippen LogP contribution in [0.5, 0.6) is 5.75 Å². The van der Waals surface area contributed by atoms with Gasteiger partial charge in [0.2, 0.25) is 0 Å². The zero-order valence-corrected chi connectivity index (χ0v) is 11.8. The van der Waals surface area contributed by atoms with Crippen molar-refractivity contribution in [1.29, 1.82) is 0 Å². The Bertz CT molecular complexity index is 497. The van der Waals surface area contributed by atoms with Gasteiger partial charge in [-0.15, -0.1) is 13.2 Å². The van der Waals surface area contributed by atoms with Crippen molar-refractivity contribution in [2.24, 2.45) is 4.40 Å². The molecular weight excluding hydrogens is 298 g/mol. The highest BCUT2D eigenvalue weighted by molar-refractivity contribution is 7.91. The van der Waals surface area contributed by atoms with E-state index in [0.29, 0.717) is 0 Å². The monoisotopic (exact) mass is 311 g/mol. The van der Waals surface area contributed by atoms with Crippen molar-refractivity contribution in [2.75, 3.05) is 0 Å². The predicted molar refractivity (Wildman–Crippen MR) is 68.6 cm³/mol. The van der Waals surface area contributed by atoms with Crippen molar-refractivity contribution in [2.45, 2.75) is 31.9 Å². The molecule has 0 saturated carbocycles. The molecule has 0 N–H and O–H groups in total. The maximum atomic E-state index is 13.2. The van der Waals surface area contributed by atoms with Gasteiger partial charge in [0.25, 0.3) is 0 Å². The zero-order valence-electron chi connectivity index (χ0n) is 11.0. The lowest BCUT2D eigenvalue weighted by Gasteiger charge is -2.17. The summed E-state index contributed by atoms with van der Waals surface area (Å²) in [4.78, 5) is 0. The second-order valence-electron chi connectivity index (χ2n) is 4.83. The van der Waals surface area contributed by atoms with Gasteiger partial charge in [0, 0.05) is 5.56 Å². The average molecular weight is 311 g/mol. The van der Waals surface area contributed by atoms with Gasteiger partial charge in [0.05, 0.1) is 6.21 Å². The molecule has 0 radical (unpaired) electrons. The number of halogens is 4. The molecule has 1 aromatic carbocycles. The summed E-state index contributed by atoms with van der Waals surface area (Å²) < 4.78 is 67.6. The van der Waals surface area contributed by atoms with E-state index in [1.807, 2.05) is 0 Å². The third-order valence-electron chi connectivity index (χ3n) is 2.00. The molecule has 0 amide bonds. The van der Waals surface area contributed by atoms with Crippen molar-refractivity contribution in [3.63, 3.8) is 0 Å². The van der Waals surface area contributed by atoms with Gasteiger partial charge in [0.15, 0.2) is 11.6 Å². The summed E-state index contributed by atoms with van der Waals surface area (Å²) in [6.07, 6.45) is -3.87. The maximum Gasteiger partial charge on any atom is 0.573 e. The van der Waals surface area contributed by atoms with Gasteiger partial charge in [-0.1, -0.05) is 10.5 Å². The number of ether oxygens (including phenoxy) is 1. The quantitative estimate of drug-likeness (QED) is 0.486. The molecule has 0 aromatic heterocycles. The van der Waals surface area contributed by atoms with Gasteiger partial charge in [-0.3, -0.25) is 0 Å². The minimum atomic E-state index is -4.98. The molecule has 1 aromatic rings. The van der Waals surface area contributed by atoms with Gasteiger partial charge in [-0.25, -0.2) is 4.39 Å². The Hall–Kier alpha value is -1.28. The van der Waals surface area contributed by atoms with Gasteiger partial charge < -0.3 is 9.29 Å². The molecule has 0 saturated heterocycles. The van der Waals surface area contributed by atoms with E-state index < -0.39 is 34.0 Å². The Balaban J connectivity index is 2.93. The highest BCUT2D eigenvalue weighted by Crippen LogP contribution is 2.26. The first-order valence-corrected chi connectivity index (χ1v) is 6.61. The first-order valence-electron chi connectivity index (χ1n) is 5.50. The van der Waals surface area contributed by atoms with Crippen LogP contribution < -0.4 is 4.74 Å². The predicted octanol–water partition coefficient (Wildman–Crippen LogP) is 3.61. The van der Waals surface area contributed by atoms with Crippen LogP contribution in [-0.4, -0.2) is 21.9 Å². The Morgan fingerprint density at radius 3 is 2.35 bits per heavy atom. The summed E-state index contributed by atoms with van der Waals surface area (Å²) in [5.41, 5.74) is 0.156. The Morgan fingerprint density at radius 1 is 1.25 bits per heavy atom. The van der Waals surface area contributed by atoms with Crippen LogP contribution in [0.25, 0.3) is 0 Å². The summed E-state index contributed by atoms with van der Waals surface area (Å²) in [7, 11) is 0. The molecule has 8 heteroatoms. The third-order valence-corrected chi connectivity index (χ3v) is 3.35.